The summed E-state index contributed by atoms with van der Waals surface area (Å²) in [4.78, 5) is 30.7. The molecule has 0 spiro atoms. The maximum atomic E-state index is 12.5. The maximum absolute atomic E-state index is 12.5. The van der Waals surface area contributed by atoms with E-state index >= 15 is 0 Å². The molecule has 0 unspecified atom stereocenters. The van der Waals surface area contributed by atoms with Crippen LogP contribution in [0, 0.1) is 0 Å². The maximum Gasteiger partial charge on any atom is 0.522 e. The summed E-state index contributed by atoms with van der Waals surface area (Å²) >= 11 is 3.31. The van der Waals surface area contributed by atoms with Crippen LogP contribution in [0.15, 0.2) is 46.2 Å². The second kappa shape index (κ2) is 9.12. The molecule has 32 heavy (non-hydrogen) atoms. The number of hydrogen-bond acceptors (Lipinski definition) is 6. The van der Waals surface area contributed by atoms with E-state index in [1.807, 2.05) is 0 Å². The Balaban J connectivity index is 1.58. The minimum atomic E-state index is -4.76. The average Bonchev–Trinajstić information content (AvgIpc) is 3.35. The number of benzene rings is 1. The van der Waals surface area contributed by atoms with Crippen LogP contribution in [0.4, 0.5) is 19.1 Å². The van der Waals surface area contributed by atoms with Crippen molar-refractivity contribution in [2.24, 2.45) is 0 Å². The van der Waals surface area contributed by atoms with Crippen molar-refractivity contribution in [1.82, 2.24) is 29.5 Å². The molecule has 13 heteroatoms. The van der Waals surface area contributed by atoms with Crippen LogP contribution in [0.2, 0.25) is 0 Å². The molecule has 0 atom stereocenters. The summed E-state index contributed by atoms with van der Waals surface area (Å²) in [5.74, 6) is 0.319. The number of aromatic nitrogens is 6. The van der Waals surface area contributed by atoms with E-state index in [2.05, 4.69) is 50.9 Å². The first-order valence-corrected chi connectivity index (χ1v) is 10.2. The van der Waals surface area contributed by atoms with Crippen molar-refractivity contribution in [1.29, 1.82) is 0 Å². The normalized spacial score (nSPS) is 11.9. The lowest BCUT2D eigenvalue weighted by atomic mass is 10.1. The highest BCUT2D eigenvalue weighted by atomic mass is 79.9. The number of aromatic amines is 2. The first kappa shape index (κ1) is 22.0. The van der Waals surface area contributed by atoms with E-state index in [-0.39, 0.29) is 6.54 Å². The molecule has 0 aliphatic rings. The Morgan fingerprint density at radius 1 is 1.22 bits per heavy atom. The first-order chi connectivity index (χ1) is 15.3. The van der Waals surface area contributed by atoms with Crippen LogP contribution in [0.3, 0.4) is 0 Å². The highest BCUT2D eigenvalue weighted by molar-refractivity contribution is 9.10. The quantitative estimate of drug-likeness (QED) is 0.334. The predicted molar refractivity (Wildman–Crippen MR) is 113 cm³/mol. The van der Waals surface area contributed by atoms with Crippen LogP contribution in [0.25, 0.3) is 11.2 Å². The molecule has 0 aliphatic heterocycles. The van der Waals surface area contributed by atoms with E-state index in [1.165, 1.54) is 16.8 Å². The van der Waals surface area contributed by atoms with Gasteiger partial charge in [0, 0.05) is 29.3 Å². The van der Waals surface area contributed by atoms with Gasteiger partial charge in [-0.3, -0.25) is 9.30 Å². The number of nitrogens with zero attached hydrogens (tertiary/aromatic N) is 4. The van der Waals surface area contributed by atoms with Crippen LogP contribution < -0.4 is 11.0 Å². The van der Waals surface area contributed by atoms with Gasteiger partial charge in [0.1, 0.15) is 5.52 Å². The number of imidazole rings is 2. The number of halogens is 4. The summed E-state index contributed by atoms with van der Waals surface area (Å²) < 4.78 is 43.5. The molecule has 0 saturated carbocycles. The fraction of sp³-hybridized carbons (Fsp3) is 0.263. The highest BCUT2D eigenvalue weighted by Crippen LogP contribution is 2.23. The minimum absolute atomic E-state index is 0.000574. The highest BCUT2D eigenvalue weighted by Gasteiger charge is 2.29. The van der Waals surface area contributed by atoms with Gasteiger partial charge in [-0.25, -0.2) is 14.8 Å². The van der Waals surface area contributed by atoms with Gasteiger partial charge in [0.15, 0.2) is 5.65 Å². The lowest BCUT2D eigenvalue weighted by Gasteiger charge is -2.13. The number of hydrogen-bond donors (Lipinski definition) is 3. The first-order valence-electron chi connectivity index (χ1n) is 9.43. The number of nitrogens with one attached hydrogen (secondary N) is 3. The van der Waals surface area contributed by atoms with Gasteiger partial charge in [0.25, 0.3) is 0 Å². The van der Waals surface area contributed by atoms with E-state index in [4.69, 9.17) is 0 Å². The van der Waals surface area contributed by atoms with Crippen LogP contribution >= 0.6 is 15.9 Å². The number of alkyl halides is 3. The van der Waals surface area contributed by atoms with Crippen LogP contribution in [0.5, 0.6) is 0 Å². The number of H-pyrrole nitrogens is 2. The molecule has 0 saturated heterocycles. The van der Waals surface area contributed by atoms with Gasteiger partial charge in [-0.2, -0.15) is 4.98 Å². The van der Waals surface area contributed by atoms with Gasteiger partial charge in [0.2, 0.25) is 5.95 Å². The summed E-state index contributed by atoms with van der Waals surface area (Å²) in [5, 5.41) is 3.08. The Bertz CT molecular complexity index is 1270. The molecule has 0 radical (unpaired) electrons. The fourth-order valence-electron chi connectivity index (χ4n) is 3.12. The molecule has 168 valence electrons. The van der Waals surface area contributed by atoms with E-state index in [0.29, 0.717) is 45.7 Å². The van der Waals surface area contributed by atoms with Gasteiger partial charge in [0.05, 0.1) is 25.7 Å². The molecule has 0 fully saturated rings. The Hall–Kier alpha value is -3.19. The summed E-state index contributed by atoms with van der Waals surface area (Å²) in [5.41, 5.74) is 2.03. The number of anilines is 1. The summed E-state index contributed by atoms with van der Waals surface area (Å²) in [7, 11) is 0. The molecule has 3 heterocycles. The molecule has 9 nitrogen and oxygen atoms in total. The zero-order chi connectivity index (χ0) is 22.7. The second-order valence-electron chi connectivity index (χ2n) is 6.85. The van der Waals surface area contributed by atoms with Crippen molar-refractivity contribution < 1.29 is 17.9 Å². The molecule has 0 aliphatic carbocycles. The van der Waals surface area contributed by atoms with Crippen LogP contribution in [-0.4, -0.2) is 42.4 Å². The molecule has 4 rings (SSSR count). The van der Waals surface area contributed by atoms with E-state index in [1.54, 1.807) is 24.7 Å². The monoisotopic (exact) mass is 511 g/mol. The van der Waals surface area contributed by atoms with Crippen molar-refractivity contribution in [2.45, 2.75) is 25.9 Å². The summed E-state index contributed by atoms with van der Waals surface area (Å²) in [6.45, 7) is -0.134. The van der Waals surface area contributed by atoms with Crippen LogP contribution in [0.1, 0.15) is 16.8 Å². The summed E-state index contributed by atoms with van der Waals surface area (Å²) in [6.07, 6.45) is 0.696. The Morgan fingerprint density at radius 2 is 2.06 bits per heavy atom. The molecule has 4 aromatic rings. The number of rotatable bonds is 8. The average molecular weight is 512 g/mol. The third kappa shape index (κ3) is 5.34. The van der Waals surface area contributed by atoms with Crippen molar-refractivity contribution >= 4 is 33.0 Å². The third-order valence-corrected chi connectivity index (χ3v) is 5.12. The second-order valence-corrected chi connectivity index (χ2v) is 7.76. The Morgan fingerprint density at radius 3 is 2.81 bits per heavy atom. The molecular weight excluding hydrogens is 495 g/mol. The fourth-order valence-corrected chi connectivity index (χ4v) is 3.53. The van der Waals surface area contributed by atoms with Gasteiger partial charge < -0.3 is 15.3 Å². The van der Waals surface area contributed by atoms with Gasteiger partial charge in [-0.15, -0.1) is 13.2 Å². The van der Waals surface area contributed by atoms with E-state index < -0.39 is 18.7 Å². The van der Waals surface area contributed by atoms with Crippen molar-refractivity contribution in [2.75, 3.05) is 11.9 Å². The van der Waals surface area contributed by atoms with Crippen molar-refractivity contribution in [3.63, 3.8) is 0 Å². The number of fused-ring (bicyclic) bond motifs is 1. The lowest BCUT2D eigenvalue weighted by molar-refractivity contribution is -0.330. The summed E-state index contributed by atoms with van der Waals surface area (Å²) in [6, 6.07) is 4.77. The minimum Gasteiger partial charge on any atom is -0.354 e. The lowest BCUT2D eigenvalue weighted by Crippen LogP contribution is -2.20. The molecule has 3 N–H and O–H groups in total. The van der Waals surface area contributed by atoms with E-state index in [9.17, 15) is 18.0 Å². The molecular formula is C19H17BrF3N7O2. The van der Waals surface area contributed by atoms with Gasteiger partial charge >= 0.3 is 12.1 Å². The largest absolute Gasteiger partial charge is 0.522 e. The van der Waals surface area contributed by atoms with Crippen molar-refractivity contribution in [3.05, 3.63) is 68.7 Å². The molecule has 0 amide bonds. The van der Waals surface area contributed by atoms with Crippen LogP contribution in [-0.2, 0) is 24.3 Å². The van der Waals surface area contributed by atoms with Gasteiger partial charge in [-0.05, 0) is 23.3 Å². The Labute approximate surface area is 187 Å². The predicted octanol–water partition coefficient (Wildman–Crippen LogP) is 3.34. The van der Waals surface area contributed by atoms with Crippen molar-refractivity contribution in [3.8, 4) is 0 Å². The molecule has 3 aromatic heterocycles. The SMILES string of the molecule is O=c1[nH]c2cnc(NCCc3cnc[nH]3)nc2n1Cc1cc(Br)ccc1COC(F)(F)F. The zero-order valence-electron chi connectivity index (χ0n) is 16.4. The third-order valence-electron chi connectivity index (χ3n) is 4.63. The molecule has 0 bridgehead atoms. The Kier molecular flexibility index (Phi) is 6.28. The zero-order valence-corrected chi connectivity index (χ0v) is 18.0. The molecule has 1 aromatic carbocycles. The van der Waals surface area contributed by atoms with E-state index in [0.717, 1.165) is 5.69 Å². The van der Waals surface area contributed by atoms with Gasteiger partial charge in [-0.1, -0.05) is 22.0 Å². The standard InChI is InChI=1S/C19H17BrF3N7O2/c20-13-2-1-11(9-32-19(21,22)23)12(5-13)8-30-16-15(28-18(30)31)7-26-17(29-16)25-4-3-14-6-24-10-27-14/h1-2,5-7,10H,3-4,8-9H2,(H,24,27)(H,28,31)(H,25,26,29). The smallest absolute Gasteiger partial charge is 0.354 e. The number of ether oxygens (including phenoxy) is 1. The topological polar surface area (TPSA) is 114 Å².